The lowest BCUT2D eigenvalue weighted by Crippen LogP contribution is -2.60. The van der Waals surface area contributed by atoms with Gasteiger partial charge in [0, 0.05) is 28.1 Å². The van der Waals surface area contributed by atoms with Gasteiger partial charge in [-0.15, -0.1) is 4.72 Å². The number of alkyl halides is 3. The summed E-state index contributed by atoms with van der Waals surface area (Å²) in [6, 6.07) is 10.5. The van der Waals surface area contributed by atoms with Gasteiger partial charge >= 0.3 is 6.18 Å². The van der Waals surface area contributed by atoms with Gasteiger partial charge in [-0.05, 0) is 89.1 Å². The SMILES string of the molecule is COc1cc(C(=O)NCC(C)(O)c2cc3c(c(-c4ccc(F)cc4)n2)OC[C@@]3(N[S+]([O-])C(C)(C)C)C(F)(F)F)ccc1OC1CC1. The fourth-order valence-corrected chi connectivity index (χ4v) is 5.65. The quantitative estimate of drug-likeness (QED) is 0.198. The van der Waals surface area contributed by atoms with Crippen LogP contribution in [-0.4, -0.2) is 57.8 Å². The molecular formula is C32H35F4N3O6S. The van der Waals surface area contributed by atoms with Crippen LogP contribution in [0, 0.1) is 5.82 Å². The molecule has 2 aromatic carbocycles. The van der Waals surface area contributed by atoms with E-state index in [9.17, 15) is 32.0 Å². The summed E-state index contributed by atoms with van der Waals surface area (Å²) in [4.78, 5) is 17.6. The molecule has 1 amide bonds. The Labute approximate surface area is 267 Å². The Morgan fingerprint density at radius 1 is 1.11 bits per heavy atom. The second kappa shape index (κ2) is 12.2. The lowest BCUT2D eigenvalue weighted by molar-refractivity contribution is -0.196. The molecule has 9 nitrogen and oxygen atoms in total. The molecule has 0 spiro atoms. The molecule has 2 heterocycles. The van der Waals surface area contributed by atoms with E-state index in [2.05, 4.69) is 15.0 Å². The summed E-state index contributed by atoms with van der Waals surface area (Å²) in [5, 5.41) is 14.2. The molecule has 1 fully saturated rings. The molecule has 3 N–H and O–H groups in total. The van der Waals surface area contributed by atoms with Crippen LogP contribution in [0.15, 0.2) is 48.5 Å². The molecule has 3 aromatic rings. The average Bonchev–Trinajstić information content (AvgIpc) is 3.73. The number of amides is 1. The molecule has 5 rings (SSSR count). The Morgan fingerprint density at radius 3 is 2.37 bits per heavy atom. The number of pyridine rings is 1. The summed E-state index contributed by atoms with van der Waals surface area (Å²) in [6.07, 6.45) is -3.04. The van der Waals surface area contributed by atoms with Gasteiger partial charge in [-0.25, -0.2) is 9.37 Å². The first-order valence-electron chi connectivity index (χ1n) is 14.5. The molecule has 1 aliphatic carbocycles. The van der Waals surface area contributed by atoms with Crippen LogP contribution in [0.25, 0.3) is 11.3 Å². The van der Waals surface area contributed by atoms with Crippen molar-refractivity contribution < 1.29 is 46.2 Å². The minimum absolute atomic E-state index is 0.0930. The number of aromatic nitrogens is 1. The minimum atomic E-state index is -5.01. The first-order valence-corrected chi connectivity index (χ1v) is 15.7. The van der Waals surface area contributed by atoms with E-state index < -0.39 is 63.9 Å². The lowest BCUT2D eigenvalue weighted by Gasteiger charge is -2.35. The first-order chi connectivity index (χ1) is 21.4. The van der Waals surface area contributed by atoms with Crippen molar-refractivity contribution in [3.63, 3.8) is 0 Å². The third kappa shape index (κ3) is 6.75. The van der Waals surface area contributed by atoms with Crippen molar-refractivity contribution in [2.75, 3.05) is 20.3 Å². The van der Waals surface area contributed by atoms with Gasteiger partial charge in [-0.1, -0.05) is 0 Å². The molecule has 0 bridgehead atoms. The number of halogens is 4. The topological polar surface area (TPSA) is 125 Å². The lowest BCUT2D eigenvalue weighted by atomic mass is 9.88. The number of carbonyl (C=O) groups excluding carboxylic acids is 1. The molecule has 46 heavy (non-hydrogen) atoms. The van der Waals surface area contributed by atoms with E-state index in [1.54, 1.807) is 6.07 Å². The minimum Gasteiger partial charge on any atom is -0.598 e. The van der Waals surface area contributed by atoms with E-state index in [-0.39, 0.29) is 34.4 Å². The van der Waals surface area contributed by atoms with E-state index in [0.717, 1.165) is 31.0 Å². The fraction of sp³-hybridized carbons (Fsp3) is 0.438. The molecule has 1 aliphatic heterocycles. The van der Waals surface area contributed by atoms with Crippen LogP contribution in [-0.2, 0) is 22.5 Å². The molecule has 3 atom stereocenters. The normalized spacial score (nSPS) is 19.9. The number of hydrogen-bond acceptors (Lipinski definition) is 8. The maximum Gasteiger partial charge on any atom is 0.418 e. The van der Waals surface area contributed by atoms with Gasteiger partial charge < -0.3 is 29.2 Å². The number of hydrogen-bond donors (Lipinski definition) is 3. The predicted molar refractivity (Wildman–Crippen MR) is 162 cm³/mol. The number of nitrogens with one attached hydrogen (secondary N) is 2. The highest BCUT2D eigenvalue weighted by atomic mass is 32.2. The number of benzene rings is 2. The molecule has 248 valence electrons. The number of methoxy groups -OCH3 is 1. The van der Waals surface area contributed by atoms with Crippen LogP contribution in [0.4, 0.5) is 17.6 Å². The van der Waals surface area contributed by atoms with Crippen LogP contribution in [0.1, 0.15) is 62.2 Å². The average molecular weight is 666 g/mol. The zero-order chi connectivity index (χ0) is 33.7. The van der Waals surface area contributed by atoms with Gasteiger partial charge in [-0.3, -0.25) is 4.79 Å². The number of nitrogens with zero attached hydrogens (tertiary/aromatic N) is 1. The number of fused-ring (bicyclic) bond motifs is 1. The standard InChI is InChI=1S/C32H35F4N3O6S/c1-29(2,3)46(42)39-31(32(34,35)36)17-44-27-22(31)15-25(38-26(27)18-6-9-20(33)10-7-18)30(4,41)16-37-28(40)19-8-13-23(24(14-19)43-5)45-21-11-12-21/h6-10,13-15,21,39,41H,11-12,16-17H2,1-5H3,(H,37,40)/t30?,31-,46?/m0/s1. The van der Waals surface area contributed by atoms with E-state index >= 15 is 0 Å². The van der Waals surface area contributed by atoms with Gasteiger partial charge in [0.1, 0.15) is 28.5 Å². The summed E-state index contributed by atoms with van der Waals surface area (Å²) < 4.78 is 89.7. The monoisotopic (exact) mass is 665 g/mol. The summed E-state index contributed by atoms with van der Waals surface area (Å²) in [5.41, 5.74) is -5.32. The van der Waals surface area contributed by atoms with Crippen molar-refractivity contribution in [2.45, 2.75) is 68.7 Å². The Bertz CT molecular complexity index is 1610. The molecule has 0 radical (unpaired) electrons. The van der Waals surface area contributed by atoms with Gasteiger partial charge in [-0.2, -0.15) is 13.2 Å². The highest BCUT2D eigenvalue weighted by Crippen LogP contribution is 2.52. The maximum atomic E-state index is 15.0. The van der Waals surface area contributed by atoms with Crippen molar-refractivity contribution in [3.8, 4) is 28.5 Å². The van der Waals surface area contributed by atoms with E-state index in [1.807, 2.05) is 0 Å². The number of ether oxygens (including phenoxy) is 3. The zero-order valence-corrected chi connectivity index (χ0v) is 26.7. The smallest absolute Gasteiger partial charge is 0.418 e. The van der Waals surface area contributed by atoms with Crippen LogP contribution in [0.3, 0.4) is 0 Å². The second-order valence-electron chi connectivity index (χ2n) is 12.6. The molecule has 1 saturated carbocycles. The van der Waals surface area contributed by atoms with Crippen molar-refractivity contribution >= 4 is 17.3 Å². The zero-order valence-electron chi connectivity index (χ0n) is 25.9. The third-order valence-corrected chi connectivity index (χ3v) is 9.33. The Morgan fingerprint density at radius 2 is 1.78 bits per heavy atom. The summed E-state index contributed by atoms with van der Waals surface area (Å²) in [6.45, 7) is 4.44. The number of aliphatic hydroxyl groups is 1. The molecule has 2 aliphatic rings. The molecule has 1 aromatic heterocycles. The maximum absolute atomic E-state index is 15.0. The van der Waals surface area contributed by atoms with Crippen LogP contribution in [0.2, 0.25) is 0 Å². The Hall–Kier alpha value is -3.59. The van der Waals surface area contributed by atoms with Gasteiger partial charge in [0.2, 0.25) is 5.54 Å². The highest BCUT2D eigenvalue weighted by molar-refractivity contribution is 7.90. The highest BCUT2D eigenvalue weighted by Gasteiger charge is 2.65. The molecular weight excluding hydrogens is 630 g/mol. The summed E-state index contributed by atoms with van der Waals surface area (Å²) >= 11 is -2.20. The Balaban J connectivity index is 1.52. The molecule has 2 unspecified atom stereocenters. The van der Waals surface area contributed by atoms with Crippen molar-refractivity contribution in [1.82, 2.24) is 15.0 Å². The van der Waals surface area contributed by atoms with Gasteiger partial charge in [0.05, 0.1) is 25.5 Å². The first kappa shape index (κ1) is 33.8. The van der Waals surface area contributed by atoms with Crippen molar-refractivity contribution in [3.05, 3.63) is 71.2 Å². The third-order valence-electron chi connectivity index (χ3n) is 7.68. The number of carbonyl (C=O) groups is 1. The Kier molecular flexibility index (Phi) is 8.96. The molecule has 0 saturated heterocycles. The van der Waals surface area contributed by atoms with E-state index in [4.69, 9.17) is 14.2 Å². The summed E-state index contributed by atoms with van der Waals surface area (Å²) in [7, 11) is 1.44. The van der Waals surface area contributed by atoms with Gasteiger partial charge in [0.15, 0.2) is 17.2 Å². The van der Waals surface area contributed by atoms with E-state index in [1.165, 1.54) is 59.1 Å². The largest absolute Gasteiger partial charge is 0.598 e. The predicted octanol–water partition coefficient (Wildman–Crippen LogP) is 5.28. The summed E-state index contributed by atoms with van der Waals surface area (Å²) in [5.74, 6) is -0.597. The van der Waals surface area contributed by atoms with Crippen LogP contribution < -0.4 is 24.2 Å². The van der Waals surface area contributed by atoms with Gasteiger partial charge in [0.25, 0.3) is 5.91 Å². The van der Waals surface area contributed by atoms with Crippen LogP contribution in [0.5, 0.6) is 17.2 Å². The second-order valence-corrected chi connectivity index (χ2v) is 14.5. The van der Waals surface area contributed by atoms with Crippen LogP contribution >= 0.6 is 0 Å². The number of rotatable bonds is 10. The van der Waals surface area contributed by atoms with Crippen molar-refractivity contribution in [1.29, 1.82) is 0 Å². The molecule has 14 heteroatoms. The van der Waals surface area contributed by atoms with Crippen molar-refractivity contribution in [2.24, 2.45) is 0 Å². The fourth-order valence-electron chi connectivity index (χ4n) is 4.74. The van der Waals surface area contributed by atoms with E-state index in [0.29, 0.717) is 11.5 Å².